The minimum absolute atomic E-state index is 0.195. The molecule has 3 N–H and O–H groups in total. The van der Waals surface area contributed by atoms with Crippen LogP contribution in [0.4, 0.5) is 0 Å². The van der Waals surface area contributed by atoms with Crippen LogP contribution in [-0.2, 0) is 10.0 Å². The largest absolute Gasteiger partial charge is 0.324 e. The lowest BCUT2D eigenvalue weighted by Gasteiger charge is -2.14. The van der Waals surface area contributed by atoms with Gasteiger partial charge in [-0.2, -0.15) is 0 Å². The normalized spacial score (nSPS) is 14.9. The standard InChI is InChI=1S/C14H18N2O2S2/c1-10(15)12-5-3-6-13(9-12)20(17,18)16-11(2)14-7-4-8-19-14/h3-11,16H,15H2,1-2H3. The third-order valence-electron chi connectivity index (χ3n) is 3.00. The van der Waals surface area contributed by atoms with Crippen LogP contribution in [0.25, 0.3) is 0 Å². The summed E-state index contributed by atoms with van der Waals surface area (Å²) < 4.78 is 27.4. The Labute approximate surface area is 123 Å². The highest BCUT2D eigenvalue weighted by Crippen LogP contribution is 2.22. The maximum Gasteiger partial charge on any atom is 0.241 e. The predicted molar refractivity (Wildman–Crippen MR) is 82.1 cm³/mol. The van der Waals surface area contributed by atoms with Crippen LogP contribution in [0.5, 0.6) is 0 Å². The summed E-state index contributed by atoms with van der Waals surface area (Å²) in [7, 11) is -3.54. The summed E-state index contributed by atoms with van der Waals surface area (Å²) in [5, 5.41) is 1.93. The molecule has 0 aliphatic carbocycles. The Morgan fingerprint density at radius 3 is 2.55 bits per heavy atom. The molecule has 2 aromatic rings. The lowest BCUT2D eigenvalue weighted by molar-refractivity contribution is 0.568. The van der Waals surface area contributed by atoms with Crippen molar-refractivity contribution in [2.75, 3.05) is 0 Å². The van der Waals surface area contributed by atoms with E-state index in [1.807, 2.05) is 37.4 Å². The smallest absolute Gasteiger partial charge is 0.241 e. The van der Waals surface area contributed by atoms with Gasteiger partial charge in [0, 0.05) is 10.9 Å². The molecule has 1 aromatic heterocycles. The van der Waals surface area contributed by atoms with Gasteiger partial charge in [-0.15, -0.1) is 11.3 Å². The predicted octanol–water partition coefficient (Wildman–Crippen LogP) is 2.81. The van der Waals surface area contributed by atoms with E-state index in [0.29, 0.717) is 0 Å². The maximum atomic E-state index is 12.4. The van der Waals surface area contributed by atoms with E-state index in [1.165, 1.54) is 11.3 Å². The van der Waals surface area contributed by atoms with E-state index >= 15 is 0 Å². The van der Waals surface area contributed by atoms with Crippen molar-refractivity contribution < 1.29 is 8.42 Å². The van der Waals surface area contributed by atoms with Gasteiger partial charge in [0.25, 0.3) is 0 Å². The Morgan fingerprint density at radius 1 is 1.20 bits per heavy atom. The van der Waals surface area contributed by atoms with E-state index in [2.05, 4.69) is 4.72 Å². The van der Waals surface area contributed by atoms with Crippen molar-refractivity contribution in [2.24, 2.45) is 5.73 Å². The second kappa shape index (κ2) is 6.05. The summed E-state index contributed by atoms with van der Waals surface area (Å²) in [4.78, 5) is 1.23. The average molecular weight is 310 g/mol. The van der Waals surface area contributed by atoms with Crippen LogP contribution >= 0.6 is 11.3 Å². The van der Waals surface area contributed by atoms with Crippen molar-refractivity contribution in [3.8, 4) is 0 Å². The van der Waals surface area contributed by atoms with Crippen LogP contribution in [0, 0.1) is 0 Å². The number of thiophene rings is 1. The molecule has 1 heterocycles. The number of hydrogen-bond donors (Lipinski definition) is 2. The van der Waals surface area contributed by atoms with Crippen molar-refractivity contribution in [3.05, 3.63) is 52.2 Å². The van der Waals surface area contributed by atoms with Crippen LogP contribution < -0.4 is 10.5 Å². The Kier molecular flexibility index (Phi) is 4.59. The molecule has 0 radical (unpaired) electrons. The zero-order valence-electron chi connectivity index (χ0n) is 11.4. The molecule has 4 nitrogen and oxygen atoms in total. The number of rotatable bonds is 5. The molecule has 0 fully saturated rings. The van der Waals surface area contributed by atoms with Gasteiger partial charge in [0.1, 0.15) is 0 Å². The summed E-state index contributed by atoms with van der Waals surface area (Å²) in [6, 6.07) is 10.1. The number of nitrogens with one attached hydrogen (secondary N) is 1. The van der Waals surface area contributed by atoms with Crippen molar-refractivity contribution >= 4 is 21.4 Å². The Morgan fingerprint density at radius 2 is 1.95 bits per heavy atom. The molecule has 0 aliphatic heterocycles. The van der Waals surface area contributed by atoms with Crippen molar-refractivity contribution in [1.29, 1.82) is 0 Å². The van der Waals surface area contributed by atoms with Crippen molar-refractivity contribution in [1.82, 2.24) is 4.72 Å². The lowest BCUT2D eigenvalue weighted by Crippen LogP contribution is -2.26. The fourth-order valence-corrected chi connectivity index (χ4v) is 3.95. The SMILES string of the molecule is CC(N)c1cccc(S(=O)(=O)NC(C)c2cccs2)c1. The van der Waals surface area contributed by atoms with E-state index in [-0.39, 0.29) is 17.0 Å². The van der Waals surface area contributed by atoms with Crippen LogP contribution in [0.3, 0.4) is 0 Å². The van der Waals surface area contributed by atoms with Crippen LogP contribution in [0.1, 0.15) is 36.4 Å². The van der Waals surface area contributed by atoms with Gasteiger partial charge in [0.2, 0.25) is 10.0 Å². The number of benzene rings is 1. The van der Waals surface area contributed by atoms with Gasteiger partial charge in [-0.1, -0.05) is 18.2 Å². The fraction of sp³-hybridized carbons (Fsp3) is 0.286. The first kappa shape index (κ1) is 15.2. The van der Waals surface area contributed by atoms with Crippen molar-refractivity contribution in [3.63, 3.8) is 0 Å². The minimum atomic E-state index is -3.54. The highest BCUT2D eigenvalue weighted by atomic mass is 32.2. The van der Waals surface area contributed by atoms with E-state index < -0.39 is 10.0 Å². The quantitative estimate of drug-likeness (QED) is 0.892. The first-order valence-electron chi connectivity index (χ1n) is 6.31. The molecule has 0 amide bonds. The minimum Gasteiger partial charge on any atom is -0.324 e. The second-order valence-electron chi connectivity index (χ2n) is 4.72. The Balaban J connectivity index is 2.24. The summed E-state index contributed by atoms with van der Waals surface area (Å²) in [5.41, 5.74) is 6.59. The first-order valence-corrected chi connectivity index (χ1v) is 8.67. The van der Waals surface area contributed by atoms with Gasteiger partial charge in [-0.3, -0.25) is 0 Å². The third kappa shape index (κ3) is 3.46. The molecule has 0 bridgehead atoms. The van der Waals surface area contributed by atoms with Gasteiger partial charge in [0.05, 0.1) is 10.9 Å². The average Bonchev–Trinajstić information content (AvgIpc) is 2.92. The number of nitrogens with two attached hydrogens (primary N) is 1. The van der Waals surface area contributed by atoms with Gasteiger partial charge < -0.3 is 5.73 Å². The molecule has 0 spiro atoms. The van der Waals surface area contributed by atoms with Gasteiger partial charge in [-0.05, 0) is 43.0 Å². The molecule has 6 heteroatoms. The first-order chi connectivity index (χ1) is 9.40. The van der Waals surface area contributed by atoms with E-state index in [0.717, 1.165) is 10.4 Å². The van der Waals surface area contributed by atoms with Gasteiger partial charge in [0.15, 0.2) is 0 Å². The summed E-state index contributed by atoms with van der Waals surface area (Å²) >= 11 is 1.53. The Bertz CT molecular complexity index is 664. The van der Waals surface area contributed by atoms with Crippen molar-refractivity contribution in [2.45, 2.75) is 30.8 Å². The second-order valence-corrected chi connectivity index (χ2v) is 7.41. The zero-order valence-corrected chi connectivity index (χ0v) is 13.0. The molecule has 20 heavy (non-hydrogen) atoms. The van der Waals surface area contributed by atoms with Crippen LogP contribution in [0.15, 0.2) is 46.7 Å². The molecule has 1 aromatic carbocycles. The molecule has 2 unspecified atom stereocenters. The van der Waals surface area contributed by atoms with Gasteiger partial charge in [-0.25, -0.2) is 13.1 Å². The highest BCUT2D eigenvalue weighted by Gasteiger charge is 2.19. The van der Waals surface area contributed by atoms with Crippen LogP contribution in [0.2, 0.25) is 0 Å². The molecule has 0 saturated heterocycles. The topological polar surface area (TPSA) is 72.2 Å². The molecule has 2 atom stereocenters. The van der Waals surface area contributed by atoms with E-state index in [4.69, 9.17) is 5.73 Å². The maximum absolute atomic E-state index is 12.4. The summed E-state index contributed by atoms with van der Waals surface area (Å²) in [5.74, 6) is 0. The molecular formula is C14H18N2O2S2. The molecule has 108 valence electrons. The van der Waals surface area contributed by atoms with E-state index in [1.54, 1.807) is 18.2 Å². The highest BCUT2D eigenvalue weighted by molar-refractivity contribution is 7.89. The fourth-order valence-electron chi connectivity index (χ4n) is 1.86. The zero-order chi connectivity index (χ0) is 14.8. The molecule has 2 rings (SSSR count). The molecule has 0 aliphatic rings. The Hall–Kier alpha value is -1.21. The number of hydrogen-bond acceptors (Lipinski definition) is 4. The summed E-state index contributed by atoms with van der Waals surface area (Å²) in [6.45, 7) is 3.66. The van der Waals surface area contributed by atoms with E-state index in [9.17, 15) is 8.42 Å². The molecule has 0 saturated carbocycles. The monoisotopic (exact) mass is 310 g/mol. The summed E-state index contributed by atoms with van der Waals surface area (Å²) in [6.07, 6.45) is 0. The third-order valence-corrected chi connectivity index (χ3v) is 5.59. The lowest BCUT2D eigenvalue weighted by atomic mass is 10.1. The number of sulfonamides is 1. The van der Waals surface area contributed by atoms with Crippen LogP contribution in [-0.4, -0.2) is 8.42 Å². The molecular weight excluding hydrogens is 292 g/mol. The van der Waals surface area contributed by atoms with Gasteiger partial charge >= 0.3 is 0 Å².